The minimum absolute atomic E-state index is 0. The Morgan fingerprint density at radius 2 is 2.07 bits per heavy atom. The number of thiophene rings is 1. The number of ether oxygens (including phenoxy) is 1. The molecule has 0 fully saturated rings. The normalized spacial score (nSPS) is 13.8. The van der Waals surface area contributed by atoms with Gasteiger partial charge >= 0.3 is 0 Å². The highest BCUT2D eigenvalue weighted by molar-refractivity contribution is 14.0. The molecule has 2 atom stereocenters. The molecule has 2 unspecified atom stereocenters. The number of benzene rings is 1. The molecule has 0 spiro atoms. The van der Waals surface area contributed by atoms with Crippen LogP contribution in [0, 0.1) is 6.92 Å². The number of rotatable bonds is 9. The van der Waals surface area contributed by atoms with E-state index in [1.165, 1.54) is 0 Å². The van der Waals surface area contributed by atoms with Crippen LogP contribution in [0.1, 0.15) is 31.0 Å². The van der Waals surface area contributed by atoms with Crippen LogP contribution in [0.5, 0.6) is 5.75 Å². The van der Waals surface area contributed by atoms with Gasteiger partial charge in [-0.1, -0.05) is 23.8 Å². The first kappa shape index (κ1) is 26.7. The Morgan fingerprint density at radius 1 is 1.33 bits per heavy atom. The minimum atomic E-state index is -3.51. The van der Waals surface area contributed by atoms with Crippen molar-refractivity contribution in [3.63, 3.8) is 0 Å². The van der Waals surface area contributed by atoms with Crippen molar-refractivity contribution in [1.29, 1.82) is 0 Å². The first-order valence-electron chi connectivity index (χ1n) is 9.40. The van der Waals surface area contributed by atoms with Crippen molar-refractivity contribution in [3.05, 3.63) is 46.8 Å². The van der Waals surface area contributed by atoms with Gasteiger partial charge in [0.1, 0.15) is 9.96 Å². The maximum absolute atomic E-state index is 12.3. The molecule has 10 heteroatoms. The maximum atomic E-state index is 12.3. The number of guanidine groups is 1. The lowest BCUT2D eigenvalue weighted by Crippen LogP contribution is -2.39. The first-order chi connectivity index (χ1) is 13.8. The highest BCUT2D eigenvalue weighted by Crippen LogP contribution is 2.26. The molecule has 2 aromatic rings. The lowest BCUT2D eigenvalue weighted by atomic mass is 10.0. The van der Waals surface area contributed by atoms with E-state index < -0.39 is 15.9 Å². The third-order valence-electron chi connectivity index (χ3n) is 4.22. The zero-order valence-electron chi connectivity index (χ0n) is 17.6. The van der Waals surface area contributed by atoms with Crippen molar-refractivity contribution in [3.8, 4) is 5.75 Å². The monoisotopic (exact) mass is 567 g/mol. The second-order valence-corrected chi connectivity index (χ2v) is 9.91. The average Bonchev–Trinajstić information content (AvgIpc) is 3.21. The molecule has 1 aromatic heterocycles. The Morgan fingerprint density at radius 3 is 2.67 bits per heavy atom. The second kappa shape index (κ2) is 12.5. The Hall–Kier alpha value is -1.37. The quantitative estimate of drug-likeness (QED) is 0.245. The van der Waals surface area contributed by atoms with Crippen molar-refractivity contribution >= 4 is 51.1 Å². The number of aliphatic hydroxyl groups is 1. The van der Waals surface area contributed by atoms with E-state index >= 15 is 0 Å². The lowest BCUT2D eigenvalue weighted by Gasteiger charge is -2.21. The van der Waals surface area contributed by atoms with Crippen molar-refractivity contribution < 1.29 is 18.3 Å². The topological polar surface area (TPSA) is 100 Å². The molecule has 0 bridgehead atoms. The minimum Gasteiger partial charge on any atom is -0.496 e. The van der Waals surface area contributed by atoms with E-state index in [9.17, 15) is 13.5 Å². The molecular weight excluding hydrogens is 537 g/mol. The van der Waals surface area contributed by atoms with Gasteiger partial charge in [-0.2, -0.15) is 0 Å². The van der Waals surface area contributed by atoms with Crippen molar-refractivity contribution in [2.75, 3.05) is 26.0 Å². The highest BCUT2D eigenvalue weighted by Gasteiger charge is 2.21. The summed E-state index contributed by atoms with van der Waals surface area (Å²) in [5, 5.41) is 18.3. The molecule has 7 nitrogen and oxygen atoms in total. The molecule has 0 aliphatic carbocycles. The number of nitrogens with one attached hydrogen (secondary N) is 2. The largest absolute Gasteiger partial charge is 0.496 e. The zero-order valence-corrected chi connectivity index (χ0v) is 21.5. The Kier molecular flexibility index (Phi) is 11.1. The van der Waals surface area contributed by atoms with E-state index in [0.29, 0.717) is 12.5 Å². The van der Waals surface area contributed by atoms with Gasteiger partial charge < -0.3 is 20.5 Å². The summed E-state index contributed by atoms with van der Waals surface area (Å²) in [5.74, 6) is 0.905. The van der Waals surface area contributed by atoms with Crippen LogP contribution >= 0.6 is 35.3 Å². The van der Waals surface area contributed by atoms with Gasteiger partial charge in [0.25, 0.3) is 0 Å². The molecular formula is C20H30IN3O4S2. The zero-order chi connectivity index (χ0) is 21.4. The summed E-state index contributed by atoms with van der Waals surface area (Å²) in [6, 6.07) is 9.07. The number of aliphatic imine (C=N–C) groups is 1. The molecule has 1 heterocycles. The van der Waals surface area contributed by atoms with Gasteiger partial charge in [0.05, 0.1) is 31.6 Å². The summed E-state index contributed by atoms with van der Waals surface area (Å²) in [7, 11) is -1.88. The van der Waals surface area contributed by atoms with E-state index in [4.69, 9.17) is 4.74 Å². The van der Waals surface area contributed by atoms with Crippen LogP contribution in [-0.2, 0) is 9.84 Å². The van der Waals surface area contributed by atoms with Gasteiger partial charge in [0, 0.05) is 12.1 Å². The third kappa shape index (κ3) is 7.71. The molecule has 1 aromatic carbocycles. The van der Waals surface area contributed by atoms with Gasteiger partial charge in [0.2, 0.25) is 0 Å². The molecule has 0 saturated heterocycles. The van der Waals surface area contributed by atoms with Gasteiger partial charge in [-0.15, -0.1) is 35.3 Å². The number of halogens is 1. The average molecular weight is 568 g/mol. The van der Waals surface area contributed by atoms with Crippen LogP contribution in [-0.4, -0.2) is 51.5 Å². The number of aryl methyl sites for hydroxylation is 1. The number of hydrogen-bond donors (Lipinski definition) is 3. The highest BCUT2D eigenvalue weighted by atomic mass is 127. The molecule has 2 rings (SSSR count). The molecule has 0 saturated carbocycles. The predicted molar refractivity (Wildman–Crippen MR) is 133 cm³/mol. The summed E-state index contributed by atoms with van der Waals surface area (Å²) >= 11 is 1.14. The summed E-state index contributed by atoms with van der Waals surface area (Å²) in [6.45, 7) is 6.54. The second-order valence-electron chi connectivity index (χ2n) is 6.70. The number of methoxy groups -OCH3 is 1. The Labute approximate surface area is 199 Å². The first-order valence-corrected chi connectivity index (χ1v) is 11.9. The van der Waals surface area contributed by atoms with E-state index in [1.54, 1.807) is 24.6 Å². The van der Waals surface area contributed by atoms with E-state index in [1.807, 2.05) is 39.0 Å². The smallest absolute Gasteiger partial charge is 0.191 e. The predicted octanol–water partition coefficient (Wildman–Crippen LogP) is 3.13. The standard InChI is InChI=1S/C20H29N3O4S2.HI/c1-5-21-20(23-15(3)17-11-14(2)8-9-18(17)27-4)22-12-16(24)13-29(25,26)19-7-6-10-28-19;/h6-11,15-16,24H,5,12-13H2,1-4H3,(H2,21,22,23);1H. The molecule has 3 N–H and O–H groups in total. The fraction of sp³-hybridized carbons (Fsp3) is 0.450. The van der Waals surface area contributed by atoms with Crippen LogP contribution < -0.4 is 15.4 Å². The number of hydrogen-bond acceptors (Lipinski definition) is 6. The van der Waals surface area contributed by atoms with Gasteiger partial charge in [-0.3, -0.25) is 4.99 Å². The Balaban J connectivity index is 0.00000450. The molecule has 0 radical (unpaired) electrons. The summed E-state index contributed by atoms with van der Waals surface area (Å²) < 4.78 is 30.3. The fourth-order valence-corrected chi connectivity index (χ4v) is 5.29. The molecule has 0 aliphatic heterocycles. The molecule has 30 heavy (non-hydrogen) atoms. The van der Waals surface area contributed by atoms with Crippen LogP contribution in [0.15, 0.2) is 44.9 Å². The van der Waals surface area contributed by atoms with Crippen LogP contribution in [0.3, 0.4) is 0 Å². The van der Waals surface area contributed by atoms with Crippen LogP contribution in [0.2, 0.25) is 0 Å². The third-order valence-corrected chi connectivity index (χ3v) is 7.51. The van der Waals surface area contributed by atoms with Crippen molar-refractivity contribution in [2.24, 2.45) is 4.99 Å². The Bertz CT molecular complexity index is 918. The lowest BCUT2D eigenvalue weighted by molar-refractivity contribution is 0.206. The van der Waals surface area contributed by atoms with Gasteiger partial charge in [0.15, 0.2) is 15.8 Å². The van der Waals surface area contributed by atoms with Crippen molar-refractivity contribution in [1.82, 2.24) is 10.6 Å². The molecule has 168 valence electrons. The van der Waals surface area contributed by atoms with Crippen LogP contribution in [0.25, 0.3) is 0 Å². The van der Waals surface area contributed by atoms with E-state index in [-0.39, 0.29) is 46.5 Å². The number of nitrogens with zero attached hydrogens (tertiary/aromatic N) is 1. The van der Waals surface area contributed by atoms with Gasteiger partial charge in [-0.05, 0) is 38.3 Å². The van der Waals surface area contributed by atoms with E-state index in [2.05, 4.69) is 15.6 Å². The summed E-state index contributed by atoms with van der Waals surface area (Å²) in [4.78, 5) is 4.36. The van der Waals surface area contributed by atoms with Gasteiger partial charge in [-0.25, -0.2) is 8.42 Å². The summed E-state index contributed by atoms with van der Waals surface area (Å²) in [6.07, 6.45) is -1.10. The van der Waals surface area contributed by atoms with Crippen LogP contribution in [0.4, 0.5) is 0 Å². The maximum Gasteiger partial charge on any atom is 0.191 e. The SMILES string of the molecule is CCNC(=NCC(O)CS(=O)(=O)c1cccs1)NC(C)c1cc(C)ccc1OC.I. The molecule has 0 amide bonds. The fourth-order valence-electron chi connectivity index (χ4n) is 2.82. The number of aliphatic hydroxyl groups excluding tert-OH is 1. The summed E-state index contributed by atoms with van der Waals surface area (Å²) in [5.41, 5.74) is 2.10. The van der Waals surface area contributed by atoms with E-state index in [0.717, 1.165) is 28.2 Å². The number of sulfone groups is 1. The van der Waals surface area contributed by atoms with Crippen molar-refractivity contribution in [2.45, 2.75) is 37.1 Å². The molecule has 0 aliphatic rings.